The van der Waals surface area contributed by atoms with Crippen LogP contribution in [0.3, 0.4) is 0 Å². The summed E-state index contributed by atoms with van der Waals surface area (Å²) in [6.07, 6.45) is -6.33. The molecule has 0 aliphatic rings. The first kappa shape index (κ1) is 21.8. The number of carbonyl (C=O) groups excluding carboxylic acids is 2. The number of thiophene rings is 1. The number of nitrogens with one attached hydrogen (secondary N) is 1. The van der Waals surface area contributed by atoms with E-state index in [4.69, 9.17) is 5.73 Å². The first-order chi connectivity index (χ1) is 12.9. The summed E-state index contributed by atoms with van der Waals surface area (Å²) in [5, 5.41) is 11.3. The van der Waals surface area contributed by atoms with Crippen molar-refractivity contribution in [1.29, 1.82) is 0 Å². The summed E-state index contributed by atoms with van der Waals surface area (Å²) in [4.78, 5) is 23.1. The minimum absolute atomic E-state index is 0.0223. The molecule has 0 fully saturated rings. The van der Waals surface area contributed by atoms with Gasteiger partial charge in [0.15, 0.2) is 11.1 Å². The van der Waals surface area contributed by atoms with Gasteiger partial charge in [-0.3, -0.25) is 9.59 Å². The second kappa shape index (κ2) is 8.26. The maximum atomic E-state index is 12.3. The number of hydrogen-bond acceptors (Lipinski definition) is 6. The zero-order chi connectivity index (χ0) is 21.2. The third-order valence-electron chi connectivity index (χ3n) is 3.25. The van der Waals surface area contributed by atoms with Gasteiger partial charge in [0.05, 0.1) is 15.3 Å². The standard InChI is InChI=1S/C15H13F3N2O6S2/c1-6(21)13(23)20-14-9(12(19)22)11(28(24)25)10(27-14)7-2-4-8(5-3-7)26-15(16,17)18/h2-6,21H,1H3,(H2,19,22)(H,20,23)(H,24,25)/t6-/m0/s1. The third-order valence-corrected chi connectivity index (χ3v) is 5.29. The Morgan fingerprint density at radius 2 is 1.86 bits per heavy atom. The van der Waals surface area contributed by atoms with Crippen molar-refractivity contribution >= 4 is 39.2 Å². The summed E-state index contributed by atoms with van der Waals surface area (Å²) in [6.45, 7) is 1.16. The molecule has 2 amide bonds. The van der Waals surface area contributed by atoms with E-state index in [1.807, 2.05) is 0 Å². The fraction of sp³-hybridized carbons (Fsp3) is 0.200. The number of ether oxygens (including phenoxy) is 1. The SMILES string of the molecule is C[C@H](O)C(=O)Nc1sc(-c2ccc(OC(F)(F)F)cc2)c(S(=O)O)c1C(N)=O. The van der Waals surface area contributed by atoms with Crippen molar-refractivity contribution < 1.29 is 41.4 Å². The minimum Gasteiger partial charge on any atom is -0.406 e. The highest BCUT2D eigenvalue weighted by molar-refractivity contribution is 7.79. The average Bonchev–Trinajstić information content (AvgIpc) is 2.93. The highest BCUT2D eigenvalue weighted by atomic mass is 32.2. The van der Waals surface area contributed by atoms with Crippen LogP contribution in [-0.2, 0) is 15.9 Å². The quantitative estimate of drug-likeness (QED) is 0.511. The number of nitrogens with two attached hydrogens (primary N) is 1. The zero-order valence-electron chi connectivity index (χ0n) is 13.9. The van der Waals surface area contributed by atoms with E-state index in [-0.39, 0.29) is 15.4 Å². The summed E-state index contributed by atoms with van der Waals surface area (Å²) in [5.41, 5.74) is 4.99. The number of anilines is 1. The molecule has 0 saturated heterocycles. The number of halogens is 3. The van der Waals surface area contributed by atoms with E-state index in [0.717, 1.165) is 19.1 Å². The van der Waals surface area contributed by atoms with Gasteiger partial charge >= 0.3 is 6.36 Å². The number of primary amides is 1. The number of aliphatic hydroxyl groups excluding tert-OH is 1. The largest absolute Gasteiger partial charge is 0.573 e. The van der Waals surface area contributed by atoms with Crippen LogP contribution in [0.5, 0.6) is 5.75 Å². The van der Waals surface area contributed by atoms with Crippen LogP contribution in [0.2, 0.25) is 0 Å². The van der Waals surface area contributed by atoms with Crippen LogP contribution >= 0.6 is 11.3 Å². The van der Waals surface area contributed by atoms with E-state index in [9.17, 15) is 36.6 Å². The van der Waals surface area contributed by atoms with Crippen molar-refractivity contribution in [1.82, 2.24) is 0 Å². The van der Waals surface area contributed by atoms with Gasteiger partial charge in [-0.1, -0.05) is 0 Å². The Hall–Kier alpha value is -2.48. The highest BCUT2D eigenvalue weighted by Gasteiger charge is 2.31. The van der Waals surface area contributed by atoms with Crippen LogP contribution in [0.1, 0.15) is 17.3 Å². The number of aliphatic hydroxyl groups is 1. The Bertz CT molecular complexity index is 925. The monoisotopic (exact) mass is 438 g/mol. The average molecular weight is 438 g/mol. The Morgan fingerprint density at radius 3 is 2.29 bits per heavy atom. The second-order valence-corrected chi connectivity index (χ2v) is 7.24. The van der Waals surface area contributed by atoms with Crippen molar-refractivity contribution in [2.24, 2.45) is 5.73 Å². The van der Waals surface area contributed by atoms with E-state index in [1.165, 1.54) is 12.1 Å². The lowest BCUT2D eigenvalue weighted by Gasteiger charge is -2.09. The lowest BCUT2D eigenvalue weighted by Crippen LogP contribution is -2.25. The van der Waals surface area contributed by atoms with Crippen LogP contribution in [0.25, 0.3) is 10.4 Å². The number of benzene rings is 1. The van der Waals surface area contributed by atoms with Gasteiger partial charge in [-0.2, -0.15) is 0 Å². The predicted octanol–water partition coefficient (Wildman–Crippen LogP) is 2.31. The molecule has 0 aliphatic heterocycles. The summed E-state index contributed by atoms with van der Waals surface area (Å²) >= 11 is -2.01. The Labute approximate surface area is 162 Å². The molecule has 13 heteroatoms. The van der Waals surface area contributed by atoms with E-state index >= 15 is 0 Å². The summed E-state index contributed by atoms with van der Waals surface area (Å²) in [6, 6.07) is 4.30. The van der Waals surface area contributed by atoms with E-state index in [2.05, 4.69) is 10.1 Å². The molecular weight excluding hydrogens is 425 g/mol. The van der Waals surface area contributed by atoms with Crippen molar-refractivity contribution in [3.63, 3.8) is 0 Å². The number of hydrogen-bond donors (Lipinski definition) is 4. The minimum atomic E-state index is -4.89. The normalized spacial score (nSPS) is 13.6. The van der Waals surface area contributed by atoms with Crippen LogP contribution in [0.15, 0.2) is 29.2 Å². The molecule has 1 heterocycles. The molecule has 1 unspecified atom stereocenters. The fourth-order valence-electron chi connectivity index (χ4n) is 2.11. The maximum Gasteiger partial charge on any atom is 0.573 e. The van der Waals surface area contributed by atoms with Gasteiger partial charge in [0.2, 0.25) is 0 Å². The maximum absolute atomic E-state index is 12.3. The molecule has 0 bridgehead atoms. The van der Waals surface area contributed by atoms with Gasteiger partial charge in [-0.25, -0.2) is 4.21 Å². The van der Waals surface area contributed by atoms with Gasteiger partial charge in [0.25, 0.3) is 11.8 Å². The van der Waals surface area contributed by atoms with Crippen molar-refractivity contribution in [3.8, 4) is 16.2 Å². The van der Waals surface area contributed by atoms with Crippen LogP contribution < -0.4 is 15.8 Å². The first-order valence-corrected chi connectivity index (χ1v) is 9.25. The topological polar surface area (TPSA) is 139 Å². The zero-order valence-corrected chi connectivity index (χ0v) is 15.6. The van der Waals surface area contributed by atoms with Crippen molar-refractivity contribution in [2.45, 2.75) is 24.3 Å². The van der Waals surface area contributed by atoms with Crippen molar-refractivity contribution in [3.05, 3.63) is 29.8 Å². The van der Waals surface area contributed by atoms with Crippen LogP contribution in [-0.4, -0.2) is 38.1 Å². The molecule has 0 aliphatic carbocycles. The van der Waals surface area contributed by atoms with E-state index in [0.29, 0.717) is 11.3 Å². The molecule has 0 saturated carbocycles. The molecule has 152 valence electrons. The smallest absolute Gasteiger partial charge is 0.406 e. The van der Waals surface area contributed by atoms with E-state index in [1.54, 1.807) is 0 Å². The first-order valence-electron chi connectivity index (χ1n) is 7.33. The molecule has 1 aromatic heterocycles. The molecular formula is C15H13F3N2O6S2. The lowest BCUT2D eigenvalue weighted by molar-refractivity contribution is -0.274. The van der Waals surface area contributed by atoms with Crippen LogP contribution in [0.4, 0.5) is 18.2 Å². The number of amides is 2. The van der Waals surface area contributed by atoms with Gasteiger partial charge in [-0.05, 0) is 36.8 Å². The molecule has 5 N–H and O–H groups in total. The third kappa shape index (κ3) is 5.07. The van der Waals surface area contributed by atoms with Gasteiger partial charge < -0.3 is 25.4 Å². The lowest BCUT2D eigenvalue weighted by atomic mass is 10.1. The Morgan fingerprint density at radius 1 is 1.29 bits per heavy atom. The number of alkyl halides is 3. The predicted molar refractivity (Wildman–Crippen MR) is 94.3 cm³/mol. The Kier molecular flexibility index (Phi) is 6.44. The molecule has 1 aromatic carbocycles. The highest BCUT2D eigenvalue weighted by Crippen LogP contribution is 2.42. The Balaban J connectivity index is 2.55. The molecule has 2 rings (SSSR count). The molecule has 0 radical (unpaired) electrons. The molecule has 0 spiro atoms. The molecule has 8 nitrogen and oxygen atoms in total. The molecule has 28 heavy (non-hydrogen) atoms. The van der Waals surface area contributed by atoms with Crippen LogP contribution in [0, 0.1) is 0 Å². The summed E-state index contributed by atoms with van der Waals surface area (Å²) in [5.74, 6) is -2.52. The van der Waals surface area contributed by atoms with Gasteiger partial charge in [0, 0.05) is 0 Å². The van der Waals surface area contributed by atoms with Gasteiger partial charge in [-0.15, -0.1) is 24.5 Å². The number of carbonyl (C=O) groups is 2. The summed E-state index contributed by atoms with van der Waals surface area (Å²) < 4.78 is 61.9. The molecule has 2 aromatic rings. The second-order valence-electron chi connectivity index (χ2n) is 5.32. The van der Waals surface area contributed by atoms with Gasteiger partial charge in [0.1, 0.15) is 16.9 Å². The number of rotatable bonds is 6. The van der Waals surface area contributed by atoms with Crippen molar-refractivity contribution in [2.75, 3.05) is 5.32 Å². The van der Waals surface area contributed by atoms with E-state index < -0.39 is 51.6 Å². The fourth-order valence-corrected chi connectivity index (χ4v) is 4.28. The summed E-state index contributed by atoms with van der Waals surface area (Å²) in [7, 11) is 0. The molecule has 2 atom stereocenters.